The van der Waals surface area contributed by atoms with Crippen LogP contribution in [0, 0.1) is 0 Å². The Hall–Kier alpha value is -1.02. The monoisotopic (exact) mass is 261 g/mol. The van der Waals surface area contributed by atoms with E-state index in [2.05, 4.69) is 45.7 Å². The molecule has 2 aromatic rings. The molecule has 0 spiro atoms. The molecule has 2 heteroatoms. The lowest BCUT2D eigenvalue weighted by molar-refractivity contribution is 0.825. The zero-order valence-corrected chi connectivity index (χ0v) is 10.0. The molecule has 1 aliphatic rings. The Bertz CT molecular complexity index is 551. The second-order valence-corrected chi connectivity index (χ2v) is 5.04. The maximum absolute atomic E-state index is 4.13. The number of hydrogen-bond acceptors (Lipinski definition) is 0. The van der Waals surface area contributed by atoms with Gasteiger partial charge >= 0.3 is 0 Å². The van der Waals surface area contributed by atoms with Crippen LogP contribution in [0.25, 0.3) is 16.5 Å². The van der Waals surface area contributed by atoms with Gasteiger partial charge in [0, 0.05) is 21.1 Å². The first-order valence-electron chi connectivity index (χ1n) is 5.24. The van der Waals surface area contributed by atoms with Crippen LogP contribution >= 0.6 is 15.9 Å². The summed E-state index contributed by atoms with van der Waals surface area (Å²) < 4.78 is 1.12. The van der Waals surface area contributed by atoms with Crippen LogP contribution in [-0.4, -0.2) is 4.98 Å². The molecule has 1 aromatic carbocycles. The highest BCUT2D eigenvalue weighted by Gasteiger charge is 2.17. The number of benzene rings is 1. The fraction of sp³-hybridized carbons (Fsp3) is 0.231. The van der Waals surface area contributed by atoms with Crippen LogP contribution in [0.15, 0.2) is 29.3 Å². The lowest BCUT2D eigenvalue weighted by atomic mass is 9.92. The topological polar surface area (TPSA) is 15.8 Å². The summed E-state index contributed by atoms with van der Waals surface area (Å²) in [6.07, 6.45) is 3.53. The van der Waals surface area contributed by atoms with Gasteiger partial charge in [-0.1, -0.05) is 28.6 Å². The van der Waals surface area contributed by atoms with Gasteiger partial charge in [-0.25, -0.2) is 0 Å². The van der Waals surface area contributed by atoms with Crippen molar-refractivity contribution in [2.75, 3.05) is 0 Å². The molecular weight excluding hydrogens is 250 g/mol. The first-order chi connectivity index (χ1) is 7.25. The molecule has 76 valence electrons. The van der Waals surface area contributed by atoms with Crippen molar-refractivity contribution in [1.82, 2.24) is 4.98 Å². The van der Waals surface area contributed by atoms with Gasteiger partial charge in [-0.05, 0) is 42.5 Å². The predicted molar refractivity (Wildman–Crippen MR) is 68.0 cm³/mol. The van der Waals surface area contributed by atoms with Gasteiger partial charge in [-0.15, -0.1) is 0 Å². The number of rotatable bonds is 0. The molecule has 1 N–H and O–H groups in total. The van der Waals surface area contributed by atoms with E-state index in [0.717, 1.165) is 10.9 Å². The molecule has 0 unspecified atom stereocenters. The summed E-state index contributed by atoms with van der Waals surface area (Å²) in [4.78, 5) is 3.48. The molecular formula is C13H12BrN. The van der Waals surface area contributed by atoms with Crippen molar-refractivity contribution in [3.8, 4) is 0 Å². The lowest BCUT2D eigenvalue weighted by Crippen LogP contribution is -1.98. The van der Waals surface area contributed by atoms with E-state index >= 15 is 0 Å². The number of allylic oxidation sites excluding steroid dienone is 1. The molecule has 0 saturated heterocycles. The number of hydrogen-bond donors (Lipinski definition) is 1. The quantitative estimate of drug-likeness (QED) is 0.729. The zero-order chi connectivity index (χ0) is 10.4. The second kappa shape index (κ2) is 3.24. The maximum atomic E-state index is 4.13. The summed E-state index contributed by atoms with van der Waals surface area (Å²) in [5.41, 5.74) is 5.20. The summed E-state index contributed by atoms with van der Waals surface area (Å²) in [5.74, 6) is 0. The van der Waals surface area contributed by atoms with Gasteiger partial charge in [0.2, 0.25) is 0 Å². The van der Waals surface area contributed by atoms with Gasteiger partial charge in [-0.2, -0.15) is 0 Å². The van der Waals surface area contributed by atoms with Crippen molar-refractivity contribution >= 4 is 32.4 Å². The molecule has 0 radical (unpaired) electrons. The van der Waals surface area contributed by atoms with Crippen molar-refractivity contribution in [2.45, 2.75) is 19.3 Å². The van der Waals surface area contributed by atoms with Gasteiger partial charge in [0.25, 0.3) is 0 Å². The standard InChI is InChI=1S/C13H12BrN/c1-8-3-2-4-11-10-6-5-9(14)7-12(10)15-13(8)11/h5-7,15H,1-4H2. The SMILES string of the molecule is C=C1CCCc2c1[nH]c1cc(Br)ccc21. The van der Waals surface area contributed by atoms with Crippen molar-refractivity contribution < 1.29 is 0 Å². The van der Waals surface area contributed by atoms with Gasteiger partial charge in [0.1, 0.15) is 0 Å². The second-order valence-electron chi connectivity index (χ2n) is 4.13. The molecule has 0 aliphatic heterocycles. The Morgan fingerprint density at radius 2 is 2.13 bits per heavy atom. The van der Waals surface area contributed by atoms with Crippen LogP contribution in [0.5, 0.6) is 0 Å². The van der Waals surface area contributed by atoms with Crippen LogP contribution in [0.4, 0.5) is 0 Å². The van der Waals surface area contributed by atoms with Crippen LogP contribution in [-0.2, 0) is 6.42 Å². The van der Waals surface area contributed by atoms with E-state index in [-0.39, 0.29) is 0 Å². The zero-order valence-electron chi connectivity index (χ0n) is 8.44. The van der Waals surface area contributed by atoms with Crippen molar-refractivity contribution in [3.05, 3.63) is 40.5 Å². The number of fused-ring (bicyclic) bond motifs is 3. The van der Waals surface area contributed by atoms with Crippen molar-refractivity contribution in [2.24, 2.45) is 0 Å². The molecule has 1 nitrogen and oxygen atoms in total. The Balaban J connectivity index is 2.35. The van der Waals surface area contributed by atoms with Gasteiger partial charge in [0.15, 0.2) is 0 Å². The number of aromatic nitrogens is 1. The Morgan fingerprint density at radius 3 is 3.00 bits per heavy atom. The van der Waals surface area contributed by atoms with E-state index in [1.54, 1.807) is 0 Å². The third-order valence-electron chi connectivity index (χ3n) is 3.13. The van der Waals surface area contributed by atoms with Crippen LogP contribution in [0.2, 0.25) is 0 Å². The minimum atomic E-state index is 1.12. The number of aryl methyl sites for hydroxylation is 1. The number of halogens is 1. The largest absolute Gasteiger partial charge is 0.355 e. The van der Waals surface area contributed by atoms with Crippen molar-refractivity contribution in [1.29, 1.82) is 0 Å². The third-order valence-corrected chi connectivity index (χ3v) is 3.62. The molecule has 0 fully saturated rings. The first kappa shape index (κ1) is 9.22. The summed E-state index contributed by atoms with van der Waals surface area (Å²) in [6, 6.07) is 6.43. The highest BCUT2D eigenvalue weighted by Crippen LogP contribution is 2.35. The highest BCUT2D eigenvalue weighted by atomic mass is 79.9. The predicted octanol–water partition coefficient (Wildman–Crippen LogP) is 4.28. The molecule has 1 aromatic heterocycles. The molecule has 0 saturated carbocycles. The molecule has 0 amide bonds. The van der Waals surface area contributed by atoms with Crippen LogP contribution in [0.3, 0.4) is 0 Å². The average molecular weight is 262 g/mol. The molecule has 0 bridgehead atoms. The van der Waals surface area contributed by atoms with E-state index in [9.17, 15) is 0 Å². The smallest absolute Gasteiger partial charge is 0.0472 e. The fourth-order valence-electron chi connectivity index (χ4n) is 2.39. The minimum Gasteiger partial charge on any atom is -0.355 e. The van der Waals surface area contributed by atoms with Gasteiger partial charge in [0.05, 0.1) is 0 Å². The first-order valence-corrected chi connectivity index (χ1v) is 6.03. The van der Waals surface area contributed by atoms with Crippen LogP contribution < -0.4 is 0 Å². The van der Waals surface area contributed by atoms with E-state index < -0.39 is 0 Å². The van der Waals surface area contributed by atoms with E-state index in [0.29, 0.717) is 0 Å². The average Bonchev–Trinajstić information content (AvgIpc) is 2.57. The Kier molecular flexibility index (Phi) is 1.99. The van der Waals surface area contributed by atoms with E-state index in [4.69, 9.17) is 0 Å². The van der Waals surface area contributed by atoms with E-state index in [1.807, 2.05) is 0 Å². The third kappa shape index (κ3) is 1.36. The van der Waals surface area contributed by atoms with Gasteiger partial charge < -0.3 is 4.98 Å². The lowest BCUT2D eigenvalue weighted by Gasteiger charge is -2.13. The number of aromatic amines is 1. The fourth-order valence-corrected chi connectivity index (χ4v) is 2.75. The molecule has 3 rings (SSSR count). The number of nitrogens with one attached hydrogen (secondary N) is 1. The van der Waals surface area contributed by atoms with E-state index in [1.165, 1.54) is 40.6 Å². The molecule has 1 aliphatic carbocycles. The Morgan fingerprint density at radius 1 is 1.27 bits per heavy atom. The summed E-state index contributed by atoms with van der Waals surface area (Å²) in [6.45, 7) is 4.13. The number of H-pyrrole nitrogens is 1. The van der Waals surface area contributed by atoms with Crippen LogP contribution in [0.1, 0.15) is 24.1 Å². The highest BCUT2D eigenvalue weighted by molar-refractivity contribution is 9.10. The maximum Gasteiger partial charge on any atom is 0.0472 e. The normalized spacial score (nSPS) is 15.7. The summed E-state index contributed by atoms with van der Waals surface area (Å²) in [7, 11) is 0. The molecule has 1 heterocycles. The summed E-state index contributed by atoms with van der Waals surface area (Å²) in [5, 5.41) is 1.36. The molecule has 0 atom stereocenters. The Labute approximate surface area is 97.3 Å². The molecule has 15 heavy (non-hydrogen) atoms. The van der Waals surface area contributed by atoms with Crippen molar-refractivity contribution in [3.63, 3.8) is 0 Å². The minimum absolute atomic E-state index is 1.12. The van der Waals surface area contributed by atoms with Gasteiger partial charge in [-0.3, -0.25) is 0 Å². The summed E-state index contributed by atoms with van der Waals surface area (Å²) >= 11 is 3.50.